The van der Waals surface area contributed by atoms with E-state index in [1.54, 1.807) is 0 Å². The topological polar surface area (TPSA) is 58.0 Å². The summed E-state index contributed by atoms with van der Waals surface area (Å²) in [6, 6.07) is 14.2. The van der Waals surface area contributed by atoms with Crippen LogP contribution in [0, 0.1) is 0 Å². The molecule has 0 saturated heterocycles. The number of nitrogens with one attached hydrogen (secondary N) is 1. The Morgan fingerprint density at radius 3 is 2.95 bits per heavy atom. The molecule has 2 heterocycles. The van der Waals surface area contributed by atoms with E-state index in [0.717, 1.165) is 34.4 Å². The molecule has 0 unspecified atom stereocenters. The molecule has 0 radical (unpaired) electrons. The third-order valence-corrected chi connectivity index (χ3v) is 3.70. The number of aromatic amines is 1. The Bertz CT molecular complexity index is 887. The highest BCUT2D eigenvalue weighted by molar-refractivity contribution is 5.78. The highest BCUT2D eigenvalue weighted by Gasteiger charge is 2.09. The van der Waals surface area contributed by atoms with Gasteiger partial charge in [-0.1, -0.05) is 24.3 Å². The number of aromatic nitrogens is 3. The van der Waals surface area contributed by atoms with Crippen LogP contribution in [0.1, 0.15) is 11.5 Å². The van der Waals surface area contributed by atoms with Gasteiger partial charge >= 0.3 is 0 Å². The molecule has 5 heteroatoms. The lowest BCUT2D eigenvalue weighted by Crippen LogP contribution is -2.17. The van der Waals surface area contributed by atoms with Crippen LogP contribution < -0.4 is 0 Å². The highest BCUT2D eigenvalue weighted by Crippen LogP contribution is 2.17. The van der Waals surface area contributed by atoms with Gasteiger partial charge in [-0.15, -0.1) is 0 Å². The molecule has 4 rings (SSSR count). The van der Waals surface area contributed by atoms with Gasteiger partial charge in [-0.05, 0) is 30.8 Å². The molecule has 0 aliphatic rings. The zero-order valence-electron chi connectivity index (χ0n) is 12.3. The second-order valence-electron chi connectivity index (χ2n) is 5.54. The quantitative estimate of drug-likeness (QED) is 0.627. The smallest absolute Gasteiger partial charge is 0.209 e. The molecule has 0 fully saturated rings. The van der Waals surface area contributed by atoms with Crippen molar-refractivity contribution < 1.29 is 4.42 Å². The van der Waals surface area contributed by atoms with E-state index in [9.17, 15) is 0 Å². The van der Waals surface area contributed by atoms with Gasteiger partial charge in [0, 0.05) is 11.9 Å². The number of hydrogen-bond acceptors (Lipinski definition) is 4. The van der Waals surface area contributed by atoms with E-state index in [-0.39, 0.29) is 0 Å². The van der Waals surface area contributed by atoms with Crippen LogP contribution in [0.3, 0.4) is 0 Å². The first-order valence-electron chi connectivity index (χ1n) is 7.23. The summed E-state index contributed by atoms with van der Waals surface area (Å²) >= 11 is 0. The molecule has 0 saturated carbocycles. The van der Waals surface area contributed by atoms with Crippen molar-refractivity contribution in [3.05, 3.63) is 60.1 Å². The van der Waals surface area contributed by atoms with Crippen LogP contribution in [0.2, 0.25) is 0 Å². The van der Waals surface area contributed by atoms with Gasteiger partial charge in [-0.25, -0.2) is 4.98 Å². The standard InChI is InChI=1S/C17H16N4O/c1-21(10-12-6-7-13-9-18-20-15(13)8-12)11-17-19-14-4-2-3-5-16(14)22-17/h2-9H,10-11H2,1H3,(H,18,20). The van der Waals surface area contributed by atoms with E-state index in [0.29, 0.717) is 6.54 Å². The Balaban J connectivity index is 1.50. The van der Waals surface area contributed by atoms with Crippen molar-refractivity contribution in [1.29, 1.82) is 0 Å². The number of hydrogen-bond donors (Lipinski definition) is 1. The maximum atomic E-state index is 5.77. The molecule has 0 spiro atoms. The Morgan fingerprint density at radius 1 is 1.14 bits per heavy atom. The van der Waals surface area contributed by atoms with Gasteiger partial charge in [-0.2, -0.15) is 5.10 Å². The van der Waals surface area contributed by atoms with Gasteiger partial charge in [0.05, 0.1) is 18.3 Å². The first kappa shape index (κ1) is 13.0. The van der Waals surface area contributed by atoms with E-state index in [1.165, 1.54) is 5.56 Å². The van der Waals surface area contributed by atoms with E-state index in [4.69, 9.17) is 4.42 Å². The zero-order chi connectivity index (χ0) is 14.9. The monoisotopic (exact) mass is 292 g/mol. The number of para-hydroxylation sites is 2. The molecule has 22 heavy (non-hydrogen) atoms. The van der Waals surface area contributed by atoms with Crippen molar-refractivity contribution >= 4 is 22.0 Å². The second kappa shape index (κ2) is 5.27. The summed E-state index contributed by atoms with van der Waals surface area (Å²) in [6.07, 6.45) is 1.83. The summed E-state index contributed by atoms with van der Waals surface area (Å²) in [5.74, 6) is 0.742. The predicted octanol–water partition coefficient (Wildman–Crippen LogP) is 3.34. The fourth-order valence-electron chi connectivity index (χ4n) is 2.67. The molecule has 0 amide bonds. The van der Waals surface area contributed by atoms with Crippen molar-refractivity contribution in [3.63, 3.8) is 0 Å². The Kier molecular flexibility index (Phi) is 3.12. The van der Waals surface area contributed by atoms with Gasteiger partial charge in [0.15, 0.2) is 5.58 Å². The van der Waals surface area contributed by atoms with Gasteiger partial charge in [-0.3, -0.25) is 10.00 Å². The fraction of sp³-hybridized carbons (Fsp3) is 0.176. The summed E-state index contributed by atoms with van der Waals surface area (Å²) in [5.41, 5.74) is 4.04. The largest absolute Gasteiger partial charge is 0.439 e. The highest BCUT2D eigenvalue weighted by atomic mass is 16.3. The number of H-pyrrole nitrogens is 1. The number of fused-ring (bicyclic) bond motifs is 2. The third-order valence-electron chi connectivity index (χ3n) is 3.70. The Hall–Kier alpha value is -2.66. The molecule has 0 bridgehead atoms. The van der Waals surface area contributed by atoms with Crippen LogP contribution >= 0.6 is 0 Å². The molecule has 2 aromatic heterocycles. The molecule has 0 aliphatic carbocycles. The summed E-state index contributed by atoms with van der Waals surface area (Å²) in [5, 5.41) is 8.18. The van der Waals surface area contributed by atoms with Crippen molar-refractivity contribution in [3.8, 4) is 0 Å². The molecule has 110 valence electrons. The average Bonchev–Trinajstić information content (AvgIpc) is 3.11. The van der Waals surface area contributed by atoms with Crippen LogP contribution in [-0.2, 0) is 13.1 Å². The number of oxazole rings is 1. The minimum atomic E-state index is 0.676. The first-order chi connectivity index (χ1) is 10.8. The lowest BCUT2D eigenvalue weighted by atomic mass is 10.1. The number of benzene rings is 2. The van der Waals surface area contributed by atoms with Gasteiger partial charge in [0.25, 0.3) is 0 Å². The van der Waals surface area contributed by atoms with Crippen LogP contribution in [0.15, 0.2) is 53.1 Å². The van der Waals surface area contributed by atoms with Gasteiger partial charge in [0.2, 0.25) is 5.89 Å². The van der Waals surface area contributed by atoms with E-state index in [1.807, 2.05) is 30.5 Å². The molecule has 1 N–H and O–H groups in total. The molecule has 2 aromatic carbocycles. The van der Waals surface area contributed by atoms with E-state index >= 15 is 0 Å². The van der Waals surface area contributed by atoms with Crippen LogP contribution in [0.4, 0.5) is 0 Å². The molecule has 0 aliphatic heterocycles. The van der Waals surface area contributed by atoms with Crippen molar-refractivity contribution in [2.45, 2.75) is 13.1 Å². The third kappa shape index (κ3) is 2.46. The van der Waals surface area contributed by atoms with Crippen LogP contribution in [0.5, 0.6) is 0 Å². The van der Waals surface area contributed by atoms with E-state index in [2.05, 4.69) is 45.3 Å². The number of rotatable bonds is 4. The molecular weight excluding hydrogens is 276 g/mol. The van der Waals surface area contributed by atoms with Crippen LogP contribution in [-0.4, -0.2) is 27.1 Å². The maximum Gasteiger partial charge on any atom is 0.209 e. The predicted molar refractivity (Wildman–Crippen MR) is 85.3 cm³/mol. The van der Waals surface area contributed by atoms with E-state index < -0.39 is 0 Å². The molecule has 0 atom stereocenters. The lowest BCUT2D eigenvalue weighted by molar-refractivity contribution is 0.285. The molecular formula is C17H16N4O. The second-order valence-corrected chi connectivity index (χ2v) is 5.54. The maximum absolute atomic E-state index is 5.77. The van der Waals surface area contributed by atoms with Crippen LogP contribution in [0.25, 0.3) is 22.0 Å². The molecule has 5 nitrogen and oxygen atoms in total. The average molecular weight is 292 g/mol. The van der Waals surface area contributed by atoms with Crippen molar-refractivity contribution in [2.75, 3.05) is 7.05 Å². The SMILES string of the molecule is CN(Cc1ccc2cn[nH]c2c1)Cc1nc2ccccc2o1. The minimum Gasteiger partial charge on any atom is -0.439 e. The molecule has 4 aromatic rings. The summed E-state index contributed by atoms with van der Waals surface area (Å²) in [7, 11) is 2.06. The van der Waals surface area contributed by atoms with Gasteiger partial charge in [0.1, 0.15) is 5.52 Å². The Morgan fingerprint density at radius 2 is 2.05 bits per heavy atom. The lowest BCUT2D eigenvalue weighted by Gasteiger charge is -2.14. The minimum absolute atomic E-state index is 0.676. The normalized spacial score (nSPS) is 11.7. The summed E-state index contributed by atoms with van der Waals surface area (Å²) in [6.45, 7) is 1.50. The van der Waals surface area contributed by atoms with Gasteiger partial charge < -0.3 is 4.42 Å². The zero-order valence-corrected chi connectivity index (χ0v) is 12.3. The van der Waals surface area contributed by atoms with Crippen molar-refractivity contribution in [1.82, 2.24) is 20.1 Å². The Labute approximate surface area is 127 Å². The number of nitrogens with zero attached hydrogens (tertiary/aromatic N) is 3. The first-order valence-corrected chi connectivity index (χ1v) is 7.23. The van der Waals surface area contributed by atoms with Crippen molar-refractivity contribution in [2.24, 2.45) is 0 Å². The summed E-state index contributed by atoms with van der Waals surface area (Å²) in [4.78, 5) is 6.69. The fourth-order valence-corrected chi connectivity index (χ4v) is 2.67. The summed E-state index contributed by atoms with van der Waals surface area (Å²) < 4.78 is 5.77.